The highest BCUT2D eigenvalue weighted by atomic mass is 16.5. The van der Waals surface area contributed by atoms with Gasteiger partial charge in [-0.15, -0.1) is 0 Å². The number of rotatable bonds is 5. The molecule has 0 bridgehead atoms. The average molecular weight is 240 g/mol. The Bertz CT molecular complexity index is 414. The molecule has 0 spiro atoms. The van der Waals surface area contributed by atoms with Crippen molar-refractivity contribution in [2.75, 3.05) is 13.7 Å². The fraction of sp³-hybridized carbons (Fsp3) is 0.417. The second-order valence-corrected chi connectivity index (χ2v) is 3.53. The fourth-order valence-electron chi connectivity index (χ4n) is 1.51. The monoisotopic (exact) mass is 240 g/mol. The topological polar surface area (TPSA) is 76.0 Å². The Kier molecular flexibility index (Phi) is 4.34. The van der Waals surface area contributed by atoms with Gasteiger partial charge in [-0.3, -0.25) is 0 Å². The van der Waals surface area contributed by atoms with Crippen molar-refractivity contribution in [3.63, 3.8) is 0 Å². The molecule has 0 aliphatic rings. The van der Waals surface area contributed by atoms with Crippen LogP contribution in [0.1, 0.15) is 24.2 Å². The Morgan fingerprint density at radius 1 is 1.41 bits per heavy atom. The molecule has 1 atom stereocenters. The van der Waals surface area contributed by atoms with Crippen molar-refractivity contribution in [3.05, 3.63) is 23.3 Å². The van der Waals surface area contributed by atoms with E-state index in [2.05, 4.69) is 0 Å². The minimum atomic E-state index is -1.62. The van der Waals surface area contributed by atoms with Gasteiger partial charge in [0.25, 0.3) is 0 Å². The van der Waals surface area contributed by atoms with Gasteiger partial charge >= 0.3 is 5.97 Å². The Morgan fingerprint density at radius 3 is 2.53 bits per heavy atom. The number of aliphatic hydroxyl groups is 1. The van der Waals surface area contributed by atoms with Crippen LogP contribution in [0.2, 0.25) is 0 Å². The van der Waals surface area contributed by atoms with E-state index in [4.69, 9.17) is 14.6 Å². The molecule has 0 saturated heterocycles. The summed E-state index contributed by atoms with van der Waals surface area (Å²) < 4.78 is 10.4. The Balaban J connectivity index is 3.25. The van der Waals surface area contributed by atoms with Gasteiger partial charge < -0.3 is 19.7 Å². The summed E-state index contributed by atoms with van der Waals surface area (Å²) in [5.41, 5.74) is 1.01. The molecule has 94 valence electrons. The van der Waals surface area contributed by atoms with Gasteiger partial charge in [0, 0.05) is 5.56 Å². The molecule has 5 nitrogen and oxygen atoms in total. The molecule has 2 N–H and O–H groups in total. The molecule has 0 saturated carbocycles. The standard InChI is InChI=1S/C12H16O5/c1-4-17-9-6-8(11(13)12(14)15)10(16-3)5-7(9)2/h5-6,11,13H,4H2,1-3H3,(H,14,15). The highest BCUT2D eigenvalue weighted by Gasteiger charge is 2.22. The lowest BCUT2D eigenvalue weighted by atomic mass is 10.0. The molecule has 1 rings (SSSR count). The smallest absolute Gasteiger partial charge is 0.337 e. The normalized spacial score (nSPS) is 12.0. The first-order valence-electron chi connectivity index (χ1n) is 5.23. The number of aliphatic hydroxyl groups excluding tert-OH is 1. The second-order valence-electron chi connectivity index (χ2n) is 3.53. The zero-order valence-electron chi connectivity index (χ0n) is 10.1. The summed E-state index contributed by atoms with van der Waals surface area (Å²) in [6, 6.07) is 3.14. The molecule has 5 heteroatoms. The number of methoxy groups -OCH3 is 1. The average Bonchev–Trinajstić information content (AvgIpc) is 2.30. The minimum Gasteiger partial charge on any atom is -0.496 e. The van der Waals surface area contributed by atoms with Gasteiger partial charge in [-0.25, -0.2) is 4.79 Å². The number of aliphatic carboxylic acids is 1. The molecular formula is C12H16O5. The van der Waals surface area contributed by atoms with Crippen LogP contribution in [0.5, 0.6) is 11.5 Å². The number of aryl methyl sites for hydroxylation is 1. The lowest BCUT2D eigenvalue weighted by Crippen LogP contribution is -2.12. The van der Waals surface area contributed by atoms with E-state index >= 15 is 0 Å². The van der Waals surface area contributed by atoms with Gasteiger partial charge in [0.1, 0.15) is 11.5 Å². The summed E-state index contributed by atoms with van der Waals surface area (Å²) in [5, 5.41) is 18.4. The van der Waals surface area contributed by atoms with E-state index in [1.165, 1.54) is 13.2 Å². The minimum absolute atomic E-state index is 0.189. The lowest BCUT2D eigenvalue weighted by Gasteiger charge is -2.15. The lowest BCUT2D eigenvalue weighted by molar-refractivity contribution is -0.147. The molecule has 0 aliphatic heterocycles. The van der Waals surface area contributed by atoms with Gasteiger partial charge in [-0.2, -0.15) is 0 Å². The number of carboxylic acids is 1. The summed E-state index contributed by atoms with van der Waals surface area (Å²) in [4.78, 5) is 10.8. The van der Waals surface area contributed by atoms with E-state index < -0.39 is 12.1 Å². The molecule has 0 aliphatic carbocycles. The number of ether oxygens (including phenoxy) is 2. The van der Waals surface area contributed by atoms with Gasteiger partial charge in [-0.05, 0) is 31.5 Å². The van der Waals surface area contributed by atoms with E-state index in [0.717, 1.165) is 5.56 Å². The number of carboxylic acid groups (broad SMARTS) is 1. The van der Waals surface area contributed by atoms with E-state index in [0.29, 0.717) is 18.1 Å². The van der Waals surface area contributed by atoms with Crippen molar-refractivity contribution in [2.24, 2.45) is 0 Å². The van der Waals surface area contributed by atoms with Crippen LogP contribution in [0.15, 0.2) is 12.1 Å². The van der Waals surface area contributed by atoms with Crippen molar-refractivity contribution in [3.8, 4) is 11.5 Å². The van der Waals surface area contributed by atoms with E-state index in [-0.39, 0.29) is 5.56 Å². The van der Waals surface area contributed by atoms with Gasteiger partial charge in [0.05, 0.1) is 13.7 Å². The Morgan fingerprint density at radius 2 is 2.06 bits per heavy atom. The molecule has 17 heavy (non-hydrogen) atoms. The predicted octanol–water partition coefficient (Wildman–Crippen LogP) is 1.52. The summed E-state index contributed by atoms with van der Waals surface area (Å²) >= 11 is 0. The second kappa shape index (κ2) is 5.54. The van der Waals surface area contributed by atoms with Crippen molar-refractivity contribution in [2.45, 2.75) is 20.0 Å². The van der Waals surface area contributed by atoms with Crippen molar-refractivity contribution >= 4 is 5.97 Å². The molecule has 0 aromatic heterocycles. The van der Waals surface area contributed by atoms with Gasteiger partial charge in [-0.1, -0.05) is 0 Å². The summed E-state index contributed by atoms with van der Waals surface area (Å²) in [6.45, 7) is 4.12. The van der Waals surface area contributed by atoms with Crippen LogP contribution in [0.4, 0.5) is 0 Å². The van der Waals surface area contributed by atoms with Crippen molar-refractivity contribution in [1.82, 2.24) is 0 Å². The maximum absolute atomic E-state index is 10.8. The third-order valence-corrected chi connectivity index (χ3v) is 2.36. The third-order valence-electron chi connectivity index (χ3n) is 2.36. The Labute approximate surface area is 99.6 Å². The quantitative estimate of drug-likeness (QED) is 0.816. The first-order chi connectivity index (χ1) is 8.01. The summed E-state index contributed by atoms with van der Waals surface area (Å²) in [7, 11) is 1.42. The van der Waals surface area contributed by atoms with E-state index in [9.17, 15) is 9.90 Å². The zero-order valence-corrected chi connectivity index (χ0v) is 10.1. The van der Waals surface area contributed by atoms with Crippen LogP contribution in [0.25, 0.3) is 0 Å². The first kappa shape index (κ1) is 13.3. The molecular weight excluding hydrogens is 224 g/mol. The highest BCUT2D eigenvalue weighted by Crippen LogP contribution is 2.32. The molecule has 0 amide bonds. The number of benzene rings is 1. The van der Waals surface area contributed by atoms with Gasteiger partial charge in [0.15, 0.2) is 6.10 Å². The molecule has 0 heterocycles. The number of carbonyl (C=O) groups is 1. The molecule has 0 fully saturated rings. The van der Waals surface area contributed by atoms with Crippen LogP contribution in [-0.4, -0.2) is 29.9 Å². The number of hydrogen-bond donors (Lipinski definition) is 2. The predicted molar refractivity (Wildman–Crippen MR) is 61.5 cm³/mol. The summed E-state index contributed by atoms with van der Waals surface area (Å²) in [6.07, 6.45) is -1.62. The SMILES string of the molecule is CCOc1cc(C(O)C(=O)O)c(OC)cc1C. The third kappa shape index (κ3) is 2.88. The van der Waals surface area contributed by atoms with E-state index in [1.54, 1.807) is 6.07 Å². The highest BCUT2D eigenvalue weighted by molar-refractivity contribution is 5.75. The maximum Gasteiger partial charge on any atom is 0.337 e. The zero-order chi connectivity index (χ0) is 13.0. The molecule has 1 aromatic rings. The van der Waals surface area contributed by atoms with Crippen LogP contribution in [-0.2, 0) is 4.79 Å². The number of hydrogen-bond acceptors (Lipinski definition) is 4. The maximum atomic E-state index is 10.8. The van der Waals surface area contributed by atoms with Crippen LogP contribution < -0.4 is 9.47 Å². The van der Waals surface area contributed by atoms with E-state index in [1.807, 2.05) is 13.8 Å². The van der Waals surface area contributed by atoms with Gasteiger partial charge in [0.2, 0.25) is 0 Å². The van der Waals surface area contributed by atoms with Crippen molar-refractivity contribution < 1.29 is 24.5 Å². The molecule has 1 unspecified atom stereocenters. The summed E-state index contributed by atoms with van der Waals surface area (Å²) in [5.74, 6) is -0.445. The molecule has 1 aromatic carbocycles. The Hall–Kier alpha value is -1.75. The van der Waals surface area contributed by atoms with Crippen molar-refractivity contribution in [1.29, 1.82) is 0 Å². The first-order valence-corrected chi connectivity index (χ1v) is 5.23. The molecule has 0 radical (unpaired) electrons. The van der Waals surface area contributed by atoms with Crippen LogP contribution in [0, 0.1) is 6.92 Å². The van der Waals surface area contributed by atoms with Crippen LogP contribution in [0.3, 0.4) is 0 Å². The largest absolute Gasteiger partial charge is 0.496 e. The fourth-order valence-corrected chi connectivity index (χ4v) is 1.51. The van der Waals surface area contributed by atoms with Crippen LogP contribution >= 0.6 is 0 Å².